The summed E-state index contributed by atoms with van der Waals surface area (Å²) in [5.41, 5.74) is 0. The molecule has 0 aromatic heterocycles. The summed E-state index contributed by atoms with van der Waals surface area (Å²) in [7, 11) is 1.51. The smallest absolute Gasteiger partial charge is 0.0371 e. The summed E-state index contributed by atoms with van der Waals surface area (Å²) in [6.45, 7) is 10.8. The van der Waals surface area contributed by atoms with Crippen LogP contribution in [0.1, 0.15) is 53.4 Å². The summed E-state index contributed by atoms with van der Waals surface area (Å²) in [6, 6.07) is 0.723. The van der Waals surface area contributed by atoms with E-state index in [1.807, 2.05) is 6.92 Å². The molecule has 0 fully saturated rings. The fourth-order valence-corrected chi connectivity index (χ4v) is 2.21. The molecule has 2 unspecified atom stereocenters. The Morgan fingerprint density at radius 2 is 1.62 bits per heavy atom. The Balaban J connectivity index is 3.87. The highest BCUT2D eigenvalue weighted by atomic mass is 19.2. The van der Waals surface area contributed by atoms with Gasteiger partial charge >= 0.3 is 0 Å². The summed E-state index contributed by atoms with van der Waals surface area (Å²) < 4.78 is 12.8. The van der Waals surface area contributed by atoms with Crippen LogP contribution in [0, 0.1) is 0 Å². The van der Waals surface area contributed by atoms with E-state index < -0.39 is 0 Å². The molecule has 0 aliphatic heterocycles. The normalized spacial score (nSPS) is 15.8. The highest BCUT2D eigenvalue weighted by Gasteiger charge is 2.14. The van der Waals surface area contributed by atoms with E-state index in [1.165, 1.54) is 19.9 Å². The zero-order chi connectivity index (χ0) is 12.6. The lowest BCUT2D eigenvalue weighted by Crippen LogP contribution is -2.34. The molecule has 0 amide bonds. The molecule has 0 aromatic rings. The van der Waals surface area contributed by atoms with E-state index in [0.717, 1.165) is 31.1 Å². The Morgan fingerprint density at radius 1 is 1.06 bits per heavy atom. The van der Waals surface area contributed by atoms with Crippen molar-refractivity contribution in [3.63, 3.8) is 0 Å². The summed E-state index contributed by atoms with van der Waals surface area (Å²) in [6.07, 6.45) is 4.45. The van der Waals surface area contributed by atoms with Gasteiger partial charge in [0.15, 0.2) is 0 Å². The highest BCUT2D eigenvalue weighted by Crippen LogP contribution is 2.14. The van der Waals surface area contributed by atoms with Gasteiger partial charge in [-0.2, -0.15) is 0 Å². The van der Waals surface area contributed by atoms with Gasteiger partial charge in [-0.15, -0.1) is 9.60 Å². The number of hydrogen-bond donors (Lipinski definition) is 0. The van der Waals surface area contributed by atoms with Crippen LogP contribution < -0.4 is 0 Å². The van der Waals surface area contributed by atoms with Crippen LogP contribution in [0.15, 0.2) is 0 Å². The zero-order valence-corrected chi connectivity index (χ0v) is 11.7. The van der Waals surface area contributed by atoms with Crippen LogP contribution in [0.25, 0.3) is 0 Å². The summed E-state index contributed by atoms with van der Waals surface area (Å²) in [5, 5.41) is 0.818. The molecule has 98 valence electrons. The van der Waals surface area contributed by atoms with E-state index in [0.29, 0.717) is 6.04 Å². The van der Waals surface area contributed by atoms with E-state index in [-0.39, 0.29) is 6.04 Å². The second kappa shape index (κ2) is 8.94. The molecule has 0 saturated heterocycles. The molecule has 0 aliphatic rings. The van der Waals surface area contributed by atoms with Crippen molar-refractivity contribution in [2.75, 3.05) is 20.1 Å². The molecule has 2 nitrogen and oxygen atoms in total. The molecule has 0 saturated carbocycles. The minimum Gasteiger partial charge on any atom is -0.301 e. The fraction of sp³-hybridized carbons (Fsp3) is 1.00. The van der Waals surface area contributed by atoms with Crippen molar-refractivity contribution in [2.45, 2.75) is 65.5 Å². The SMILES string of the molecule is CCC(CCCC(C)N(C)F)N(CC)CC. The largest absolute Gasteiger partial charge is 0.301 e. The van der Waals surface area contributed by atoms with Gasteiger partial charge in [-0.05, 0) is 39.3 Å². The Bertz CT molecular complexity index is 158. The fourth-order valence-electron chi connectivity index (χ4n) is 2.21. The van der Waals surface area contributed by atoms with Crippen LogP contribution in [0.2, 0.25) is 0 Å². The van der Waals surface area contributed by atoms with Gasteiger partial charge in [-0.3, -0.25) is 0 Å². The lowest BCUT2D eigenvalue weighted by atomic mass is 10.0. The quantitative estimate of drug-likeness (QED) is 0.562. The van der Waals surface area contributed by atoms with Gasteiger partial charge in [-0.25, -0.2) is 0 Å². The third-order valence-electron chi connectivity index (χ3n) is 3.57. The van der Waals surface area contributed by atoms with Crippen LogP contribution in [-0.2, 0) is 0 Å². The number of hydrogen-bond acceptors (Lipinski definition) is 2. The molecule has 3 heteroatoms. The van der Waals surface area contributed by atoms with Gasteiger partial charge in [0.05, 0.1) is 0 Å². The van der Waals surface area contributed by atoms with Gasteiger partial charge in [0, 0.05) is 19.1 Å². The minimum absolute atomic E-state index is 0.0502. The van der Waals surface area contributed by atoms with E-state index in [1.54, 1.807) is 0 Å². The topological polar surface area (TPSA) is 6.48 Å². The van der Waals surface area contributed by atoms with E-state index >= 15 is 0 Å². The molecule has 0 heterocycles. The second-order valence-electron chi connectivity index (χ2n) is 4.59. The van der Waals surface area contributed by atoms with Crippen LogP contribution >= 0.6 is 0 Å². The van der Waals surface area contributed by atoms with Gasteiger partial charge in [0.25, 0.3) is 0 Å². The standard InChI is InChI=1S/C13H29FN2/c1-6-13(16(7-2)8-3)11-9-10-12(4)15(5)14/h12-13H,6-11H2,1-5H3. The Labute approximate surface area is 101 Å². The summed E-state index contributed by atoms with van der Waals surface area (Å²) in [4.78, 5) is 2.50. The van der Waals surface area contributed by atoms with Crippen LogP contribution in [0.3, 0.4) is 0 Å². The molecular weight excluding hydrogens is 203 g/mol. The molecular formula is C13H29FN2. The lowest BCUT2D eigenvalue weighted by Gasteiger charge is -2.29. The maximum absolute atomic E-state index is 12.8. The van der Waals surface area contributed by atoms with Crippen LogP contribution in [0.5, 0.6) is 0 Å². The van der Waals surface area contributed by atoms with Gasteiger partial charge in [-0.1, -0.05) is 27.2 Å². The monoisotopic (exact) mass is 232 g/mol. The minimum atomic E-state index is 0.0502. The maximum atomic E-state index is 12.8. The number of nitrogens with zero attached hydrogens (tertiary/aromatic N) is 2. The Hall–Kier alpha value is -0.150. The number of halogens is 1. The van der Waals surface area contributed by atoms with Crippen LogP contribution in [-0.4, -0.2) is 42.2 Å². The summed E-state index contributed by atoms with van der Waals surface area (Å²) >= 11 is 0. The lowest BCUT2D eigenvalue weighted by molar-refractivity contribution is 0.0115. The van der Waals surface area contributed by atoms with Crippen molar-refractivity contribution >= 4 is 0 Å². The Kier molecular flexibility index (Phi) is 8.86. The molecule has 2 atom stereocenters. The Morgan fingerprint density at radius 3 is 2.00 bits per heavy atom. The first-order valence-corrected chi connectivity index (χ1v) is 6.69. The van der Waals surface area contributed by atoms with Crippen LogP contribution in [0.4, 0.5) is 4.48 Å². The number of rotatable bonds is 9. The molecule has 0 aromatic carbocycles. The predicted octanol–water partition coefficient (Wildman–Crippen LogP) is 3.48. The van der Waals surface area contributed by atoms with E-state index in [9.17, 15) is 4.48 Å². The van der Waals surface area contributed by atoms with Gasteiger partial charge in [0.2, 0.25) is 0 Å². The summed E-state index contributed by atoms with van der Waals surface area (Å²) in [5.74, 6) is 0. The first-order valence-electron chi connectivity index (χ1n) is 6.69. The molecule has 0 bridgehead atoms. The van der Waals surface area contributed by atoms with Gasteiger partial charge in [0.1, 0.15) is 0 Å². The van der Waals surface area contributed by atoms with Crippen molar-refractivity contribution < 1.29 is 4.48 Å². The third-order valence-corrected chi connectivity index (χ3v) is 3.57. The van der Waals surface area contributed by atoms with E-state index in [2.05, 4.69) is 25.7 Å². The predicted molar refractivity (Wildman–Crippen MR) is 69.2 cm³/mol. The van der Waals surface area contributed by atoms with Crippen molar-refractivity contribution in [3.05, 3.63) is 0 Å². The molecule has 16 heavy (non-hydrogen) atoms. The van der Waals surface area contributed by atoms with Crippen molar-refractivity contribution in [2.24, 2.45) is 0 Å². The third kappa shape index (κ3) is 5.80. The first-order chi connectivity index (χ1) is 7.56. The average Bonchev–Trinajstić information content (AvgIpc) is 2.27. The molecule has 0 N–H and O–H groups in total. The van der Waals surface area contributed by atoms with Crippen molar-refractivity contribution in [1.82, 2.24) is 10.0 Å². The zero-order valence-electron chi connectivity index (χ0n) is 11.7. The highest BCUT2D eigenvalue weighted by molar-refractivity contribution is 4.69. The average molecular weight is 232 g/mol. The second-order valence-corrected chi connectivity index (χ2v) is 4.59. The maximum Gasteiger partial charge on any atom is 0.0371 e. The molecule has 0 spiro atoms. The van der Waals surface area contributed by atoms with Crippen molar-refractivity contribution in [1.29, 1.82) is 0 Å². The first kappa shape index (κ1) is 15.9. The van der Waals surface area contributed by atoms with Crippen molar-refractivity contribution in [3.8, 4) is 0 Å². The molecule has 0 aliphatic carbocycles. The molecule has 0 radical (unpaired) electrons. The molecule has 0 rings (SSSR count). The van der Waals surface area contributed by atoms with Gasteiger partial charge < -0.3 is 4.90 Å². The van der Waals surface area contributed by atoms with E-state index in [4.69, 9.17) is 0 Å².